The molecule has 3 aromatic rings. The number of amides is 3. The first-order chi connectivity index (χ1) is 16.8. The lowest BCUT2D eigenvalue weighted by molar-refractivity contribution is -0.137. The topological polar surface area (TPSA) is 124 Å². The van der Waals surface area contributed by atoms with E-state index in [1.165, 1.54) is 30.4 Å². The number of carboxylic acid groups (broad SMARTS) is 1. The number of aromatic nitrogens is 1. The molecule has 180 valence electrons. The molecular weight excluding hydrogens is 470 g/mol. The van der Waals surface area contributed by atoms with Gasteiger partial charge in [0, 0.05) is 13.2 Å². The number of carbonyl (C=O) groups excluding carboxylic acids is 2. The second-order valence-corrected chi connectivity index (χ2v) is 8.57. The maximum Gasteiger partial charge on any atom is 0.334 e. The second-order valence-electron chi connectivity index (χ2n) is 8.16. The number of carbonyl (C=O) groups is 3. The fraction of sp³-hybridized carbons (Fsp3) is 0.200. The highest BCUT2D eigenvalue weighted by molar-refractivity contribution is 6.33. The van der Waals surface area contributed by atoms with Crippen molar-refractivity contribution in [1.29, 1.82) is 0 Å². The van der Waals surface area contributed by atoms with E-state index in [9.17, 15) is 14.4 Å². The van der Waals surface area contributed by atoms with Crippen molar-refractivity contribution in [2.75, 3.05) is 19.0 Å². The number of benzene rings is 2. The van der Waals surface area contributed by atoms with E-state index < -0.39 is 24.5 Å². The number of aliphatic carboxylic acids is 1. The van der Waals surface area contributed by atoms with Crippen LogP contribution in [0, 0.1) is 0 Å². The number of nitrogens with one attached hydrogen (secondary N) is 3. The Morgan fingerprint density at radius 2 is 1.66 bits per heavy atom. The lowest BCUT2D eigenvalue weighted by atomic mass is 9.95. The Kier molecular flexibility index (Phi) is 7.17. The first kappa shape index (κ1) is 24.0. The van der Waals surface area contributed by atoms with Crippen molar-refractivity contribution >= 4 is 35.3 Å². The highest BCUT2D eigenvalue weighted by Gasteiger charge is 2.25. The molecule has 0 atom stereocenters. The van der Waals surface area contributed by atoms with E-state index in [2.05, 4.69) is 33.3 Å². The van der Waals surface area contributed by atoms with Crippen LogP contribution in [0.25, 0.3) is 0 Å². The summed E-state index contributed by atoms with van der Waals surface area (Å²) < 4.78 is 0. The van der Waals surface area contributed by atoms with Crippen molar-refractivity contribution in [3.8, 4) is 0 Å². The Morgan fingerprint density at radius 1 is 1.06 bits per heavy atom. The highest BCUT2D eigenvalue weighted by atomic mass is 35.5. The van der Waals surface area contributed by atoms with Crippen LogP contribution in [0.4, 0.5) is 10.6 Å². The Bertz CT molecular complexity index is 1230. The van der Waals surface area contributed by atoms with Crippen LogP contribution in [0.1, 0.15) is 38.7 Å². The zero-order chi connectivity index (χ0) is 24.9. The number of aryl methyl sites for hydroxylation is 2. The third-order valence-electron chi connectivity index (χ3n) is 5.77. The predicted molar refractivity (Wildman–Crippen MR) is 131 cm³/mol. The third kappa shape index (κ3) is 5.52. The normalized spacial score (nSPS) is 12.5. The molecule has 0 fully saturated rings. The summed E-state index contributed by atoms with van der Waals surface area (Å²) in [6, 6.07) is 16.6. The van der Waals surface area contributed by atoms with Crippen molar-refractivity contribution in [2.45, 2.75) is 18.9 Å². The third-order valence-corrected chi connectivity index (χ3v) is 6.06. The van der Waals surface area contributed by atoms with Gasteiger partial charge in [0.25, 0.3) is 5.91 Å². The zero-order valence-electron chi connectivity index (χ0n) is 18.9. The predicted octanol–water partition coefficient (Wildman–Crippen LogP) is 3.41. The van der Waals surface area contributed by atoms with E-state index in [1.54, 1.807) is 0 Å². The maximum absolute atomic E-state index is 12.8. The van der Waals surface area contributed by atoms with Crippen LogP contribution in [0.2, 0.25) is 5.02 Å². The van der Waals surface area contributed by atoms with Gasteiger partial charge in [-0.3, -0.25) is 20.4 Å². The van der Waals surface area contributed by atoms with Crippen molar-refractivity contribution in [3.63, 3.8) is 0 Å². The number of anilines is 1. The Morgan fingerprint density at radius 3 is 2.23 bits per heavy atom. The molecule has 0 radical (unpaired) electrons. The minimum absolute atomic E-state index is 0.0880. The molecule has 3 amide bonds. The van der Waals surface area contributed by atoms with Gasteiger partial charge in [-0.2, -0.15) is 0 Å². The number of hydrogen-bond donors (Lipinski definition) is 4. The standard InChI is InChI=1S/C25H24ClN5O4/c1-31(14-21(32)33)24(34)17-12-20(26)23(27-13-17)29-30-25(35)28-22-18-8-4-2-6-15(18)10-11-16-7-3-5-9-19(16)22/h2-9,12-13,22H,10-11,14H2,1H3,(H,27,29)(H,32,33)(H2,28,30,35). The van der Waals surface area contributed by atoms with Crippen LogP contribution in [0.3, 0.4) is 0 Å². The summed E-state index contributed by atoms with van der Waals surface area (Å²) in [7, 11) is 1.37. The fourth-order valence-electron chi connectivity index (χ4n) is 4.10. The molecule has 0 bridgehead atoms. The molecule has 0 aliphatic heterocycles. The van der Waals surface area contributed by atoms with Crippen LogP contribution in [0.5, 0.6) is 0 Å². The smallest absolute Gasteiger partial charge is 0.334 e. The fourth-order valence-corrected chi connectivity index (χ4v) is 4.32. The van der Waals surface area contributed by atoms with Gasteiger partial charge in [0.05, 0.1) is 16.6 Å². The van der Waals surface area contributed by atoms with Crippen LogP contribution in [0.15, 0.2) is 60.8 Å². The first-order valence-corrected chi connectivity index (χ1v) is 11.3. The molecule has 0 spiro atoms. The number of nitrogens with zero attached hydrogens (tertiary/aromatic N) is 2. The molecule has 0 saturated carbocycles. The number of rotatable bonds is 6. The van der Waals surface area contributed by atoms with Gasteiger partial charge in [-0.05, 0) is 41.2 Å². The summed E-state index contributed by atoms with van der Waals surface area (Å²) in [6.07, 6.45) is 3.03. The van der Waals surface area contributed by atoms with Gasteiger partial charge in [-0.25, -0.2) is 9.78 Å². The Hall–Kier alpha value is -4.11. The van der Waals surface area contributed by atoms with Crippen LogP contribution in [-0.4, -0.2) is 46.5 Å². The molecular formula is C25H24ClN5O4. The van der Waals surface area contributed by atoms with Gasteiger partial charge < -0.3 is 15.3 Å². The molecule has 2 aromatic carbocycles. The largest absolute Gasteiger partial charge is 0.480 e. The number of hydrogen-bond acceptors (Lipinski definition) is 5. The molecule has 1 aromatic heterocycles. The number of pyridine rings is 1. The lowest BCUT2D eigenvalue weighted by Crippen LogP contribution is -2.41. The maximum atomic E-state index is 12.8. The van der Waals surface area contributed by atoms with Gasteiger partial charge in [0.1, 0.15) is 6.54 Å². The molecule has 4 N–H and O–H groups in total. The van der Waals surface area contributed by atoms with E-state index in [-0.39, 0.29) is 22.4 Å². The average Bonchev–Trinajstić information content (AvgIpc) is 2.99. The summed E-state index contributed by atoms with van der Waals surface area (Å²) in [4.78, 5) is 41.1. The lowest BCUT2D eigenvalue weighted by Gasteiger charge is -2.22. The molecule has 9 nitrogen and oxygen atoms in total. The first-order valence-electron chi connectivity index (χ1n) is 10.9. The number of hydrazine groups is 1. The number of fused-ring (bicyclic) bond motifs is 2. The van der Waals surface area contributed by atoms with Crippen molar-refractivity contribution in [2.24, 2.45) is 0 Å². The number of likely N-dealkylation sites (N-methyl/N-ethyl adjacent to an activating group) is 1. The molecule has 1 aliphatic carbocycles. The van der Waals surface area contributed by atoms with Gasteiger partial charge in [0.15, 0.2) is 5.82 Å². The van der Waals surface area contributed by atoms with E-state index >= 15 is 0 Å². The van der Waals surface area contributed by atoms with Crippen molar-refractivity contribution in [3.05, 3.63) is 93.6 Å². The molecule has 10 heteroatoms. The van der Waals surface area contributed by atoms with E-state index in [0.29, 0.717) is 0 Å². The summed E-state index contributed by atoms with van der Waals surface area (Å²) in [5.74, 6) is -1.53. The number of carboxylic acids is 1. The van der Waals surface area contributed by atoms with Crippen LogP contribution in [-0.2, 0) is 17.6 Å². The van der Waals surface area contributed by atoms with E-state index in [1.807, 2.05) is 36.4 Å². The molecule has 1 aliphatic rings. The second kappa shape index (κ2) is 10.4. The molecule has 35 heavy (non-hydrogen) atoms. The molecule has 0 unspecified atom stereocenters. The van der Waals surface area contributed by atoms with Gasteiger partial charge in [0.2, 0.25) is 0 Å². The monoisotopic (exact) mass is 493 g/mol. The summed E-state index contributed by atoms with van der Waals surface area (Å²) >= 11 is 6.23. The summed E-state index contributed by atoms with van der Waals surface area (Å²) in [5, 5.41) is 12.0. The Balaban J connectivity index is 1.46. The van der Waals surface area contributed by atoms with E-state index in [4.69, 9.17) is 16.7 Å². The SMILES string of the molecule is CN(CC(=O)O)C(=O)c1cnc(NNC(=O)NC2c3ccccc3CCc3ccccc32)c(Cl)c1. The van der Waals surface area contributed by atoms with Gasteiger partial charge in [-0.1, -0.05) is 60.1 Å². The Labute approximate surface area is 207 Å². The van der Waals surface area contributed by atoms with Gasteiger partial charge >= 0.3 is 12.0 Å². The number of halogens is 1. The minimum Gasteiger partial charge on any atom is -0.480 e. The quantitative estimate of drug-likeness (QED) is 0.390. The summed E-state index contributed by atoms with van der Waals surface area (Å²) in [6.45, 7) is -0.453. The van der Waals surface area contributed by atoms with Crippen LogP contribution >= 0.6 is 11.6 Å². The van der Waals surface area contributed by atoms with Crippen molar-refractivity contribution < 1.29 is 19.5 Å². The highest BCUT2D eigenvalue weighted by Crippen LogP contribution is 2.32. The molecule has 1 heterocycles. The van der Waals surface area contributed by atoms with Crippen molar-refractivity contribution in [1.82, 2.24) is 20.6 Å². The van der Waals surface area contributed by atoms with Crippen LogP contribution < -0.4 is 16.2 Å². The minimum atomic E-state index is -1.13. The molecule has 4 rings (SSSR count). The summed E-state index contributed by atoms with van der Waals surface area (Å²) in [5.41, 5.74) is 9.78. The molecule has 0 saturated heterocycles. The van der Waals surface area contributed by atoms with E-state index in [0.717, 1.165) is 28.9 Å². The average molecular weight is 494 g/mol. The number of urea groups is 1. The van der Waals surface area contributed by atoms with Gasteiger partial charge in [-0.15, -0.1) is 0 Å². The zero-order valence-corrected chi connectivity index (χ0v) is 19.7.